The van der Waals surface area contributed by atoms with Gasteiger partial charge in [0.05, 0.1) is 6.54 Å². The average Bonchev–Trinajstić information content (AvgIpc) is 2.81. The van der Waals surface area contributed by atoms with E-state index in [-0.39, 0.29) is 5.91 Å². The number of rotatable bonds is 4. The van der Waals surface area contributed by atoms with E-state index < -0.39 is 0 Å². The molecule has 19 heavy (non-hydrogen) atoms. The second kappa shape index (κ2) is 6.50. The predicted molar refractivity (Wildman–Crippen MR) is 79.2 cm³/mol. The van der Waals surface area contributed by atoms with Crippen LogP contribution < -0.4 is 5.32 Å². The summed E-state index contributed by atoms with van der Waals surface area (Å²) in [5.41, 5.74) is 1.91. The van der Waals surface area contributed by atoms with Gasteiger partial charge in [0, 0.05) is 22.2 Å². The van der Waals surface area contributed by atoms with Gasteiger partial charge in [-0.25, -0.2) is 4.98 Å². The van der Waals surface area contributed by atoms with Crippen LogP contribution in [0.4, 0.5) is 0 Å². The normalized spacial score (nSPS) is 10.8. The average molecular weight is 293 g/mol. The van der Waals surface area contributed by atoms with Gasteiger partial charge >= 0.3 is 0 Å². The summed E-state index contributed by atoms with van der Waals surface area (Å²) in [6.07, 6.45) is 3.25. The molecule has 2 rings (SSSR count). The molecule has 0 spiro atoms. The molecule has 0 atom stereocenters. The number of carbonyl (C=O) groups excluding carboxylic acids is 1. The number of hydrogen-bond donors (Lipinski definition) is 1. The lowest BCUT2D eigenvalue weighted by molar-refractivity contribution is -0.116. The van der Waals surface area contributed by atoms with Crippen molar-refractivity contribution in [3.63, 3.8) is 0 Å². The first-order valence-corrected chi connectivity index (χ1v) is 7.02. The fraction of sp³-hybridized carbons (Fsp3) is 0.143. The highest BCUT2D eigenvalue weighted by molar-refractivity contribution is 7.09. The molecule has 1 heterocycles. The van der Waals surface area contributed by atoms with Crippen molar-refractivity contribution in [3.8, 4) is 0 Å². The van der Waals surface area contributed by atoms with Gasteiger partial charge in [-0.15, -0.1) is 11.3 Å². The number of nitrogens with one attached hydrogen (secondary N) is 1. The first kappa shape index (κ1) is 13.8. The molecule has 0 aliphatic rings. The summed E-state index contributed by atoms with van der Waals surface area (Å²) in [6, 6.07) is 7.29. The molecule has 1 aromatic carbocycles. The molecule has 0 bridgehead atoms. The SMILES string of the molecule is Cc1csc(CNC(=O)/C=C/c2ccc(Cl)cc2)n1. The topological polar surface area (TPSA) is 42.0 Å². The maximum absolute atomic E-state index is 11.6. The second-order valence-electron chi connectivity index (χ2n) is 3.99. The van der Waals surface area contributed by atoms with Gasteiger partial charge < -0.3 is 5.32 Å². The van der Waals surface area contributed by atoms with Crippen LogP contribution in [0.25, 0.3) is 6.08 Å². The molecule has 0 saturated carbocycles. The first-order chi connectivity index (χ1) is 9.13. The molecule has 0 radical (unpaired) electrons. The Morgan fingerprint density at radius 1 is 1.42 bits per heavy atom. The lowest BCUT2D eigenvalue weighted by Gasteiger charge is -1.98. The van der Waals surface area contributed by atoms with E-state index in [1.807, 2.05) is 24.4 Å². The third-order valence-corrected chi connectivity index (χ3v) is 3.60. The van der Waals surface area contributed by atoms with E-state index >= 15 is 0 Å². The van der Waals surface area contributed by atoms with Crippen LogP contribution in [0.15, 0.2) is 35.7 Å². The zero-order chi connectivity index (χ0) is 13.7. The standard InChI is InChI=1S/C14H13ClN2OS/c1-10-9-19-14(17-10)8-16-13(18)7-4-11-2-5-12(15)6-3-11/h2-7,9H,8H2,1H3,(H,16,18)/b7-4+. The van der Waals surface area contributed by atoms with Crippen molar-refractivity contribution in [3.05, 3.63) is 57.0 Å². The molecule has 1 amide bonds. The third kappa shape index (κ3) is 4.50. The Bertz CT molecular complexity index is 590. The highest BCUT2D eigenvalue weighted by Crippen LogP contribution is 2.10. The summed E-state index contributed by atoms with van der Waals surface area (Å²) in [5.74, 6) is -0.136. The molecule has 0 saturated heterocycles. The van der Waals surface area contributed by atoms with Crippen molar-refractivity contribution in [2.24, 2.45) is 0 Å². The minimum absolute atomic E-state index is 0.136. The predicted octanol–water partition coefficient (Wildman–Crippen LogP) is 3.43. The van der Waals surface area contributed by atoms with Crippen molar-refractivity contribution in [1.29, 1.82) is 0 Å². The maximum atomic E-state index is 11.6. The van der Waals surface area contributed by atoms with Crippen LogP contribution in [0, 0.1) is 6.92 Å². The zero-order valence-electron chi connectivity index (χ0n) is 10.4. The minimum Gasteiger partial charge on any atom is -0.346 e. The highest BCUT2D eigenvalue weighted by atomic mass is 35.5. The smallest absolute Gasteiger partial charge is 0.244 e. The number of benzene rings is 1. The number of aryl methyl sites for hydroxylation is 1. The van der Waals surface area contributed by atoms with Crippen LogP contribution in [-0.2, 0) is 11.3 Å². The number of hydrogen-bond acceptors (Lipinski definition) is 3. The zero-order valence-corrected chi connectivity index (χ0v) is 12.0. The largest absolute Gasteiger partial charge is 0.346 e. The number of nitrogens with zero attached hydrogens (tertiary/aromatic N) is 1. The quantitative estimate of drug-likeness (QED) is 0.877. The molecular formula is C14H13ClN2OS. The molecule has 1 aromatic heterocycles. The first-order valence-electron chi connectivity index (χ1n) is 5.76. The highest BCUT2D eigenvalue weighted by Gasteiger charge is 2.00. The number of carbonyl (C=O) groups is 1. The molecule has 1 N–H and O–H groups in total. The van der Waals surface area contributed by atoms with Gasteiger partial charge in [-0.1, -0.05) is 23.7 Å². The summed E-state index contributed by atoms with van der Waals surface area (Å²) < 4.78 is 0. The molecule has 0 fully saturated rings. The van der Waals surface area contributed by atoms with Crippen LogP contribution in [0.5, 0.6) is 0 Å². The van der Waals surface area contributed by atoms with Crippen molar-refractivity contribution in [1.82, 2.24) is 10.3 Å². The van der Waals surface area contributed by atoms with Gasteiger partial charge in [0.25, 0.3) is 0 Å². The Kier molecular flexibility index (Phi) is 4.71. The van der Waals surface area contributed by atoms with Crippen LogP contribution in [0.2, 0.25) is 5.02 Å². The van der Waals surface area contributed by atoms with E-state index in [1.54, 1.807) is 29.5 Å². The van der Waals surface area contributed by atoms with Gasteiger partial charge in [-0.05, 0) is 30.7 Å². The van der Waals surface area contributed by atoms with Crippen LogP contribution in [0.3, 0.4) is 0 Å². The van der Waals surface area contributed by atoms with E-state index in [9.17, 15) is 4.79 Å². The van der Waals surface area contributed by atoms with Crippen molar-refractivity contribution >= 4 is 34.9 Å². The van der Waals surface area contributed by atoms with Crippen molar-refractivity contribution in [2.75, 3.05) is 0 Å². The van der Waals surface area contributed by atoms with Gasteiger partial charge in [0.1, 0.15) is 5.01 Å². The summed E-state index contributed by atoms with van der Waals surface area (Å²) in [7, 11) is 0. The monoisotopic (exact) mass is 292 g/mol. The number of aromatic nitrogens is 1. The molecule has 5 heteroatoms. The third-order valence-electron chi connectivity index (χ3n) is 2.38. The molecule has 98 valence electrons. The fourth-order valence-electron chi connectivity index (χ4n) is 1.45. The summed E-state index contributed by atoms with van der Waals surface area (Å²) in [4.78, 5) is 15.9. The summed E-state index contributed by atoms with van der Waals surface area (Å²) in [6.45, 7) is 2.39. The Morgan fingerprint density at radius 3 is 2.79 bits per heavy atom. The summed E-state index contributed by atoms with van der Waals surface area (Å²) >= 11 is 7.33. The number of amides is 1. The van der Waals surface area contributed by atoms with E-state index in [0.29, 0.717) is 11.6 Å². The molecule has 0 aliphatic heterocycles. The Hall–Kier alpha value is -1.65. The lowest BCUT2D eigenvalue weighted by atomic mass is 10.2. The lowest BCUT2D eigenvalue weighted by Crippen LogP contribution is -2.20. The second-order valence-corrected chi connectivity index (χ2v) is 5.36. The maximum Gasteiger partial charge on any atom is 0.244 e. The Balaban J connectivity index is 1.85. The Labute approximate surface area is 120 Å². The molecule has 3 nitrogen and oxygen atoms in total. The summed E-state index contributed by atoms with van der Waals surface area (Å²) in [5, 5.41) is 6.34. The van der Waals surface area contributed by atoms with Gasteiger partial charge in [0.15, 0.2) is 0 Å². The number of thiazole rings is 1. The van der Waals surface area contributed by atoms with Crippen molar-refractivity contribution in [2.45, 2.75) is 13.5 Å². The minimum atomic E-state index is -0.136. The molecule has 0 unspecified atom stereocenters. The van der Waals surface area contributed by atoms with Crippen LogP contribution in [0.1, 0.15) is 16.3 Å². The molecule has 2 aromatic rings. The van der Waals surface area contributed by atoms with Crippen molar-refractivity contribution < 1.29 is 4.79 Å². The number of halogens is 1. The van der Waals surface area contributed by atoms with E-state index in [1.165, 1.54) is 6.08 Å². The van der Waals surface area contributed by atoms with Gasteiger partial charge in [0.2, 0.25) is 5.91 Å². The molecular weight excluding hydrogens is 280 g/mol. The van der Waals surface area contributed by atoms with Crippen LogP contribution in [-0.4, -0.2) is 10.9 Å². The van der Waals surface area contributed by atoms with E-state index in [2.05, 4.69) is 10.3 Å². The van der Waals surface area contributed by atoms with Gasteiger partial charge in [-0.3, -0.25) is 4.79 Å². The van der Waals surface area contributed by atoms with Crippen LogP contribution >= 0.6 is 22.9 Å². The van der Waals surface area contributed by atoms with E-state index in [4.69, 9.17) is 11.6 Å². The van der Waals surface area contributed by atoms with E-state index in [0.717, 1.165) is 16.3 Å². The fourth-order valence-corrected chi connectivity index (χ4v) is 2.29. The Morgan fingerprint density at radius 2 is 2.16 bits per heavy atom. The van der Waals surface area contributed by atoms with Gasteiger partial charge in [-0.2, -0.15) is 0 Å². The molecule has 0 aliphatic carbocycles.